The van der Waals surface area contributed by atoms with Crippen LogP contribution in [-0.4, -0.2) is 31.7 Å². The molecule has 2 aromatic rings. The number of amides is 1. The summed E-state index contributed by atoms with van der Waals surface area (Å²) in [6.07, 6.45) is 0. The Morgan fingerprint density at radius 1 is 1.12 bits per heavy atom. The molecule has 0 spiro atoms. The fourth-order valence-electron chi connectivity index (χ4n) is 2.29. The SMILES string of the molecule is CCN(CC)S(=O)(=O)c1ccc(NC(=O)c2cc(Cl)ccc2I)cc1. The van der Waals surface area contributed by atoms with Crippen LogP contribution in [0.15, 0.2) is 47.4 Å². The Morgan fingerprint density at radius 3 is 2.28 bits per heavy atom. The molecule has 0 aromatic heterocycles. The zero-order chi connectivity index (χ0) is 18.6. The molecule has 0 aliphatic heterocycles. The Balaban J connectivity index is 2.21. The van der Waals surface area contributed by atoms with Gasteiger partial charge in [0.25, 0.3) is 5.91 Å². The lowest BCUT2D eigenvalue weighted by molar-refractivity contribution is 0.102. The van der Waals surface area contributed by atoms with Crippen LogP contribution in [0.1, 0.15) is 24.2 Å². The predicted octanol–water partition coefficient (Wildman–Crippen LogP) is 4.23. The second-order valence-electron chi connectivity index (χ2n) is 5.19. The van der Waals surface area contributed by atoms with Gasteiger partial charge in [-0.1, -0.05) is 25.4 Å². The van der Waals surface area contributed by atoms with Crippen LogP contribution in [0.3, 0.4) is 0 Å². The molecule has 0 fully saturated rings. The van der Waals surface area contributed by atoms with Crippen LogP contribution in [0.25, 0.3) is 0 Å². The average Bonchev–Trinajstić information content (AvgIpc) is 2.58. The third kappa shape index (κ3) is 4.72. The lowest BCUT2D eigenvalue weighted by Crippen LogP contribution is -2.30. The first kappa shape index (κ1) is 20.2. The molecule has 0 aliphatic carbocycles. The van der Waals surface area contributed by atoms with Gasteiger partial charge in [0.15, 0.2) is 0 Å². The maximum atomic E-state index is 12.5. The van der Waals surface area contributed by atoms with Gasteiger partial charge in [-0.25, -0.2) is 8.42 Å². The van der Waals surface area contributed by atoms with E-state index in [1.54, 1.807) is 44.2 Å². The van der Waals surface area contributed by atoms with Crippen molar-refractivity contribution < 1.29 is 13.2 Å². The Bertz CT molecular complexity index is 866. The van der Waals surface area contributed by atoms with E-state index in [1.807, 2.05) is 0 Å². The predicted molar refractivity (Wildman–Crippen MR) is 109 cm³/mol. The normalized spacial score (nSPS) is 11.6. The van der Waals surface area contributed by atoms with Gasteiger partial charge in [-0.15, -0.1) is 0 Å². The molecule has 0 unspecified atom stereocenters. The summed E-state index contributed by atoms with van der Waals surface area (Å²) in [7, 11) is -3.51. The van der Waals surface area contributed by atoms with E-state index in [0.717, 1.165) is 3.57 Å². The number of rotatable bonds is 6. The number of carbonyl (C=O) groups is 1. The maximum Gasteiger partial charge on any atom is 0.256 e. The van der Waals surface area contributed by atoms with Gasteiger partial charge in [-0.2, -0.15) is 4.31 Å². The smallest absolute Gasteiger partial charge is 0.256 e. The first-order valence-corrected chi connectivity index (χ1v) is 10.6. The third-order valence-corrected chi connectivity index (χ3v) is 6.87. The minimum atomic E-state index is -3.51. The number of halogens is 2. The van der Waals surface area contributed by atoms with Gasteiger partial charge in [-0.3, -0.25) is 4.79 Å². The molecule has 1 N–H and O–H groups in total. The molecule has 0 aliphatic rings. The molecule has 0 saturated heterocycles. The van der Waals surface area contributed by atoms with Gasteiger partial charge in [0.05, 0.1) is 10.5 Å². The van der Waals surface area contributed by atoms with E-state index in [9.17, 15) is 13.2 Å². The second-order valence-corrected chi connectivity index (χ2v) is 8.73. The minimum Gasteiger partial charge on any atom is -0.322 e. The zero-order valence-electron chi connectivity index (χ0n) is 13.8. The summed E-state index contributed by atoms with van der Waals surface area (Å²) in [5.41, 5.74) is 0.979. The summed E-state index contributed by atoms with van der Waals surface area (Å²) in [6, 6.07) is 11.2. The van der Waals surface area contributed by atoms with Crippen LogP contribution < -0.4 is 5.32 Å². The van der Waals surface area contributed by atoms with Crippen LogP contribution in [0.5, 0.6) is 0 Å². The van der Waals surface area contributed by atoms with Crippen LogP contribution in [0, 0.1) is 3.57 Å². The van der Waals surface area contributed by atoms with Crippen LogP contribution in [-0.2, 0) is 10.0 Å². The van der Waals surface area contributed by atoms with Crippen LogP contribution in [0.2, 0.25) is 5.02 Å². The van der Waals surface area contributed by atoms with E-state index in [4.69, 9.17) is 11.6 Å². The number of nitrogens with zero attached hydrogens (tertiary/aromatic N) is 1. The van der Waals surface area contributed by atoms with Gasteiger partial charge in [0.2, 0.25) is 10.0 Å². The summed E-state index contributed by atoms with van der Waals surface area (Å²) >= 11 is 8.00. The maximum absolute atomic E-state index is 12.5. The fraction of sp³-hybridized carbons (Fsp3) is 0.235. The molecule has 0 bridgehead atoms. The summed E-state index contributed by atoms with van der Waals surface area (Å²) in [6.45, 7) is 4.40. The van der Waals surface area contributed by atoms with E-state index in [1.165, 1.54) is 16.4 Å². The van der Waals surface area contributed by atoms with Gasteiger partial charge in [-0.05, 0) is 65.1 Å². The van der Waals surface area contributed by atoms with E-state index in [0.29, 0.717) is 29.4 Å². The number of hydrogen-bond donors (Lipinski definition) is 1. The van der Waals surface area contributed by atoms with Crippen molar-refractivity contribution in [2.24, 2.45) is 0 Å². The summed E-state index contributed by atoms with van der Waals surface area (Å²) in [5.74, 6) is -0.300. The highest BCUT2D eigenvalue weighted by Crippen LogP contribution is 2.21. The van der Waals surface area contributed by atoms with E-state index in [2.05, 4.69) is 27.9 Å². The van der Waals surface area contributed by atoms with E-state index >= 15 is 0 Å². The summed E-state index contributed by atoms with van der Waals surface area (Å²) in [5, 5.41) is 3.23. The minimum absolute atomic E-state index is 0.200. The highest BCUT2D eigenvalue weighted by atomic mass is 127. The van der Waals surface area contributed by atoms with Crippen LogP contribution in [0.4, 0.5) is 5.69 Å². The van der Waals surface area contributed by atoms with Gasteiger partial charge in [0.1, 0.15) is 0 Å². The summed E-state index contributed by atoms with van der Waals surface area (Å²) in [4.78, 5) is 12.6. The zero-order valence-corrected chi connectivity index (χ0v) is 17.5. The second kappa shape index (κ2) is 8.48. The highest BCUT2D eigenvalue weighted by molar-refractivity contribution is 14.1. The first-order valence-electron chi connectivity index (χ1n) is 7.66. The van der Waals surface area contributed by atoms with Crippen molar-refractivity contribution in [3.63, 3.8) is 0 Å². The van der Waals surface area contributed by atoms with Crippen molar-refractivity contribution in [2.45, 2.75) is 18.7 Å². The molecule has 0 heterocycles. The van der Waals surface area contributed by atoms with Crippen molar-refractivity contribution in [1.29, 1.82) is 0 Å². The van der Waals surface area contributed by atoms with Crippen molar-refractivity contribution in [2.75, 3.05) is 18.4 Å². The van der Waals surface area contributed by atoms with Crippen molar-refractivity contribution in [3.8, 4) is 0 Å². The van der Waals surface area contributed by atoms with Crippen molar-refractivity contribution in [3.05, 3.63) is 56.6 Å². The standard InChI is InChI=1S/C17H18ClIN2O3S/c1-3-21(4-2)25(23,24)14-8-6-13(7-9-14)20-17(22)15-11-12(18)5-10-16(15)19/h5-11H,3-4H2,1-2H3,(H,20,22). The number of sulfonamides is 1. The van der Waals surface area contributed by atoms with Crippen molar-refractivity contribution in [1.82, 2.24) is 4.31 Å². The number of anilines is 1. The molecule has 2 rings (SSSR count). The molecule has 0 saturated carbocycles. The number of carbonyl (C=O) groups excluding carboxylic acids is 1. The average molecular weight is 493 g/mol. The number of benzene rings is 2. The molecule has 134 valence electrons. The Hall–Kier alpha value is -1.16. The Labute approximate surface area is 166 Å². The molecule has 5 nitrogen and oxygen atoms in total. The molecule has 25 heavy (non-hydrogen) atoms. The molecule has 1 amide bonds. The fourth-order valence-corrected chi connectivity index (χ4v) is 4.50. The topological polar surface area (TPSA) is 66.5 Å². The van der Waals surface area contributed by atoms with E-state index < -0.39 is 10.0 Å². The first-order chi connectivity index (χ1) is 11.8. The molecule has 2 aromatic carbocycles. The largest absolute Gasteiger partial charge is 0.322 e. The third-order valence-electron chi connectivity index (χ3n) is 3.63. The van der Waals surface area contributed by atoms with Gasteiger partial charge >= 0.3 is 0 Å². The molecule has 8 heteroatoms. The summed E-state index contributed by atoms with van der Waals surface area (Å²) < 4.78 is 27.1. The lowest BCUT2D eigenvalue weighted by atomic mass is 10.2. The molecular weight excluding hydrogens is 475 g/mol. The monoisotopic (exact) mass is 492 g/mol. The quantitative estimate of drug-likeness (QED) is 0.614. The van der Waals surface area contributed by atoms with Gasteiger partial charge < -0.3 is 5.32 Å². The number of nitrogens with one attached hydrogen (secondary N) is 1. The van der Waals surface area contributed by atoms with Crippen LogP contribution >= 0.6 is 34.2 Å². The highest BCUT2D eigenvalue weighted by Gasteiger charge is 2.21. The molecular formula is C17H18ClIN2O3S. The molecule has 0 atom stereocenters. The molecule has 0 radical (unpaired) electrons. The number of hydrogen-bond acceptors (Lipinski definition) is 3. The Morgan fingerprint density at radius 2 is 1.72 bits per heavy atom. The van der Waals surface area contributed by atoms with Gasteiger partial charge in [0, 0.05) is 27.4 Å². The lowest BCUT2D eigenvalue weighted by Gasteiger charge is -2.18. The Kier molecular flexibility index (Phi) is 6.84. The van der Waals surface area contributed by atoms with E-state index in [-0.39, 0.29) is 10.8 Å². The van der Waals surface area contributed by atoms with Crippen molar-refractivity contribution >= 4 is 55.8 Å².